The van der Waals surface area contributed by atoms with Crippen LogP contribution in [0.4, 0.5) is 4.39 Å². The molecule has 1 aromatic rings. The number of hydrogen-bond donors (Lipinski definition) is 1. The second-order valence-corrected chi connectivity index (χ2v) is 4.45. The molecule has 1 aromatic carbocycles. The predicted molar refractivity (Wildman–Crippen MR) is 61.3 cm³/mol. The van der Waals surface area contributed by atoms with Gasteiger partial charge in [-0.2, -0.15) is 11.8 Å². The fourth-order valence-corrected chi connectivity index (χ4v) is 1.95. The summed E-state index contributed by atoms with van der Waals surface area (Å²) in [6, 6.07) is 4.12. The summed E-state index contributed by atoms with van der Waals surface area (Å²) in [5.41, 5.74) is 6.58. The standard InChI is InChI=1S/C10H13ClFNS/c1-14-5-4-10(13)8-6-7(12)2-3-9(8)11/h2-3,6,10H,4-5,13H2,1H3. The monoisotopic (exact) mass is 233 g/mol. The molecule has 0 saturated heterocycles. The molecule has 14 heavy (non-hydrogen) atoms. The van der Waals surface area contributed by atoms with Crippen molar-refractivity contribution >= 4 is 23.4 Å². The van der Waals surface area contributed by atoms with Gasteiger partial charge in [0.15, 0.2) is 0 Å². The van der Waals surface area contributed by atoms with Crippen molar-refractivity contribution in [1.82, 2.24) is 0 Å². The molecule has 0 spiro atoms. The zero-order valence-electron chi connectivity index (χ0n) is 7.97. The Labute approximate surface area is 92.8 Å². The molecular formula is C10H13ClFNS. The first kappa shape index (κ1) is 11.8. The molecule has 0 aliphatic heterocycles. The minimum absolute atomic E-state index is 0.175. The smallest absolute Gasteiger partial charge is 0.123 e. The Kier molecular flexibility index (Phi) is 4.72. The Bertz CT molecular complexity index is 306. The summed E-state index contributed by atoms with van der Waals surface area (Å²) < 4.78 is 12.9. The van der Waals surface area contributed by atoms with E-state index >= 15 is 0 Å². The van der Waals surface area contributed by atoms with Gasteiger partial charge in [-0.1, -0.05) is 11.6 Å². The summed E-state index contributed by atoms with van der Waals surface area (Å²) in [6.07, 6.45) is 2.82. The van der Waals surface area contributed by atoms with Crippen molar-refractivity contribution < 1.29 is 4.39 Å². The van der Waals surface area contributed by atoms with Gasteiger partial charge in [-0.3, -0.25) is 0 Å². The van der Waals surface area contributed by atoms with Gasteiger partial charge in [0.2, 0.25) is 0 Å². The summed E-state index contributed by atoms with van der Waals surface area (Å²) in [5, 5.41) is 0.542. The van der Waals surface area contributed by atoms with Crippen molar-refractivity contribution in [2.75, 3.05) is 12.0 Å². The van der Waals surface area contributed by atoms with Crippen molar-refractivity contribution in [3.8, 4) is 0 Å². The number of benzene rings is 1. The fourth-order valence-electron chi connectivity index (χ4n) is 1.20. The highest BCUT2D eigenvalue weighted by molar-refractivity contribution is 7.98. The highest BCUT2D eigenvalue weighted by atomic mass is 35.5. The molecule has 0 aliphatic rings. The fraction of sp³-hybridized carbons (Fsp3) is 0.400. The maximum absolute atomic E-state index is 12.9. The van der Waals surface area contributed by atoms with Crippen LogP contribution in [0.1, 0.15) is 18.0 Å². The lowest BCUT2D eigenvalue weighted by Crippen LogP contribution is -2.12. The molecule has 78 valence electrons. The maximum atomic E-state index is 12.9. The van der Waals surface area contributed by atoms with Crippen molar-refractivity contribution in [3.05, 3.63) is 34.6 Å². The zero-order chi connectivity index (χ0) is 10.6. The van der Waals surface area contributed by atoms with Gasteiger partial charge in [-0.05, 0) is 42.2 Å². The van der Waals surface area contributed by atoms with Crippen LogP contribution in [-0.4, -0.2) is 12.0 Å². The second-order valence-electron chi connectivity index (χ2n) is 3.05. The summed E-state index contributed by atoms with van der Waals surface area (Å²) in [6.45, 7) is 0. The van der Waals surface area contributed by atoms with Crippen LogP contribution in [0.3, 0.4) is 0 Å². The van der Waals surface area contributed by atoms with Gasteiger partial charge in [-0.25, -0.2) is 4.39 Å². The third kappa shape index (κ3) is 3.15. The molecule has 0 fully saturated rings. The molecular weight excluding hydrogens is 221 g/mol. The van der Waals surface area contributed by atoms with E-state index < -0.39 is 0 Å². The molecule has 1 nitrogen and oxygen atoms in total. The van der Waals surface area contributed by atoms with Crippen molar-refractivity contribution in [2.45, 2.75) is 12.5 Å². The van der Waals surface area contributed by atoms with E-state index in [1.165, 1.54) is 12.1 Å². The van der Waals surface area contributed by atoms with Crippen molar-refractivity contribution in [3.63, 3.8) is 0 Å². The van der Waals surface area contributed by atoms with E-state index in [1.807, 2.05) is 6.26 Å². The molecule has 2 N–H and O–H groups in total. The van der Waals surface area contributed by atoms with Crippen LogP contribution in [0.25, 0.3) is 0 Å². The number of halogens is 2. The Balaban J connectivity index is 2.77. The molecule has 1 rings (SSSR count). The van der Waals surface area contributed by atoms with Gasteiger partial charge in [-0.15, -0.1) is 0 Å². The highest BCUT2D eigenvalue weighted by Gasteiger charge is 2.10. The van der Waals surface area contributed by atoms with Gasteiger partial charge in [0, 0.05) is 11.1 Å². The molecule has 4 heteroatoms. The van der Waals surface area contributed by atoms with Crippen LogP contribution in [-0.2, 0) is 0 Å². The van der Waals surface area contributed by atoms with Gasteiger partial charge in [0.05, 0.1) is 0 Å². The summed E-state index contributed by atoms with van der Waals surface area (Å²) in [7, 11) is 0. The van der Waals surface area contributed by atoms with Gasteiger partial charge < -0.3 is 5.73 Å². The normalized spacial score (nSPS) is 12.9. The third-order valence-corrected chi connectivity index (χ3v) is 2.98. The average molecular weight is 234 g/mol. The largest absolute Gasteiger partial charge is 0.324 e. The molecule has 0 radical (unpaired) electrons. The minimum atomic E-state index is -0.288. The highest BCUT2D eigenvalue weighted by Crippen LogP contribution is 2.25. The van der Waals surface area contributed by atoms with Crippen molar-refractivity contribution in [2.24, 2.45) is 5.73 Å². The first-order valence-corrected chi connectivity index (χ1v) is 6.11. The topological polar surface area (TPSA) is 26.0 Å². The lowest BCUT2D eigenvalue weighted by molar-refractivity contribution is 0.617. The van der Waals surface area contributed by atoms with E-state index in [4.69, 9.17) is 17.3 Å². The third-order valence-electron chi connectivity index (χ3n) is 1.99. The summed E-state index contributed by atoms with van der Waals surface area (Å²) in [4.78, 5) is 0. The van der Waals surface area contributed by atoms with E-state index in [0.29, 0.717) is 10.6 Å². The quantitative estimate of drug-likeness (QED) is 0.864. The molecule has 0 aromatic heterocycles. The van der Waals surface area contributed by atoms with E-state index in [0.717, 1.165) is 12.2 Å². The Hall–Kier alpha value is -0.250. The van der Waals surface area contributed by atoms with Gasteiger partial charge in [0.25, 0.3) is 0 Å². The summed E-state index contributed by atoms with van der Waals surface area (Å²) >= 11 is 7.63. The average Bonchev–Trinajstić information content (AvgIpc) is 2.18. The van der Waals surface area contributed by atoms with E-state index in [-0.39, 0.29) is 11.9 Å². The zero-order valence-corrected chi connectivity index (χ0v) is 9.54. The lowest BCUT2D eigenvalue weighted by atomic mass is 10.1. The molecule has 0 bridgehead atoms. The van der Waals surface area contributed by atoms with E-state index in [9.17, 15) is 4.39 Å². The minimum Gasteiger partial charge on any atom is -0.324 e. The van der Waals surface area contributed by atoms with Crippen LogP contribution in [0, 0.1) is 5.82 Å². The number of thioether (sulfide) groups is 1. The molecule has 0 amide bonds. The summed E-state index contributed by atoms with van der Waals surface area (Å²) in [5.74, 6) is 0.664. The van der Waals surface area contributed by atoms with Crippen LogP contribution in [0.15, 0.2) is 18.2 Å². The second kappa shape index (κ2) is 5.59. The number of nitrogens with two attached hydrogens (primary N) is 1. The van der Waals surface area contributed by atoms with Crippen LogP contribution < -0.4 is 5.73 Å². The van der Waals surface area contributed by atoms with Crippen molar-refractivity contribution in [1.29, 1.82) is 0 Å². The van der Waals surface area contributed by atoms with Gasteiger partial charge >= 0.3 is 0 Å². The SMILES string of the molecule is CSCCC(N)c1cc(F)ccc1Cl. The first-order valence-electron chi connectivity index (χ1n) is 4.34. The van der Waals surface area contributed by atoms with Crippen LogP contribution in [0.2, 0.25) is 5.02 Å². The van der Waals surface area contributed by atoms with E-state index in [2.05, 4.69) is 0 Å². The maximum Gasteiger partial charge on any atom is 0.123 e. The molecule has 1 atom stereocenters. The Morgan fingerprint density at radius 1 is 1.57 bits per heavy atom. The number of rotatable bonds is 4. The molecule has 0 aliphatic carbocycles. The Morgan fingerprint density at radius 2 is 2.29 bits per heavy atom. The first-order chi connectivity index (χ1) is 6.65. The van der Waals surface area contributed by atoms with E-state index in [1.54, 1.807) is 17.8 Å². The molecule has 0 saturated carbocycles. The lowest BCUT2D eigenvalue weighted by Gasteiger charge is -2.12. The predicted octanol–water partition coefficient (Wildman–Crippen LogP) is 3.23. The molecule has 0 heterocycles. The Morgan fingerprint density at radius 3 is 2.93 bits per heavy atom. The molecule has 1 unspecified atom stereocenters. The number of hydrogen-bond acceptors (Lipinski definition) is 2. The van der Waals surface area contributed by atoms with Gasteiger partial charge in [0.1, 0.15) is 5.82 Å². The van der Waals surface area contributed by atoms with Crippen LogP contribution in [0.5, 0.6) is 0 Å². The van der Waals surface area contributed by atoms with Crippen LogP contribution >= 0.6 is 23.4 Å².